The number of thiazole rings is 1. The molecule has 1 aromatic carbocycles. The molecule has 19 heavy (non-hydrogen) atoms. The summed E-state index contributed by atoms with van der Waals surface area (Å²) in [7, 11) is 0. The largest absolute Gasteiger partial charge is 0.344 e. The van der Waals surface area contributed by atoms with Gasteiger partial charge in [-0.1, -0.05) is 0 Å². The van der Waals surface area contributed by atoms with Gasteiger partial charge < -0.3 is 4.98 Å². The maximum absolute atomic E-state index is 10.7. The van der Waals surface area contributed by atoms with Crippen molar-refractivity contribution in [1.29, 1.82) is 0 Å². The second-order valence-corrected chi connectivity index (χ2v) is 5.31. The Hall–Kier alpha value is -2.28. The molecule has 0 aliphatic heterocycles. The van der Waals surface area contributed by atoms with Crippen molar-refractivity contribution in [3.05, 3.63) is 39.6 Å². The van der Waals surface area contributed by atoms with Crippen LogP contribution >= 0.6 is 11.3 Å². The van der Waals surface area contributed by atoms with Crippen LogP contribution in [0, 0.1) is 24.0 Å². The molecule has 0 amide bonds. The highest BCUT2D eigenvalue weighted by Gasteiger charge is 2.15. The third-order valence-electron chi connectivity index (χ3n) is 2.97. The minimum Gasteiger partial charge on any atom is -0.336 e. The first-order valence-corrected chi connectivity index (χ1v) is 6.44. The third kappa shape index (κ3) is 1.97. The van der Waals surface area contributed by atoms with Crippen molar-refractivity contribution in [2.24, 2.45) is 0 Å². The highest BCUT2D eigenvalue weighted by atomic mass is 32.1. The van der Waals surface area contributed by atoms with E-state index in [4.69, 9.17) is 0 Å². The zero-order valence-electron chi connectivity index (χ0n) is 10.3. The number of nitro groups is 1. The van der Waals surface area contributed by atoms with Gasteiger partial charge in [-0.2, -0.15) is 0 Å². The van der Waals surface area contributed by atoms with Gasteiger partial charge in [-0.25, -0.2) is 9.97 Å². The van der Waals surface area contributed by atoms with E-state index in [9.17, 15) is 10.1 Å². The number of nitrogens with one attached hydrogen (secondary N) is 1. The van der Waals surface area contributed by atoms with Gasteiger partial charge in [-0.05, 0) is 48.4 Å². The Morgan fingerprint density at radius 2 is 2.05 bits per heavy atom. The fourth-order valence-corrected chi connectivity index (χ4v) is 2.51. The summed E-state index contributed by atoms with van der Waals surface area (Å²) >= 11 is 1.01. The normalized spacial score (nSPS) is 11.1. The van der Waals surface area contributed by atoms with Crippen molar-refractivity contribution in [2.75, 3.05) is 0 Å². The summed E-state index contributed by atoms with van der Waals surface area (Å²) in [4.78, 5) is 21.8. The van der Waals surface area contributed by atoms with Gasteiger partial charge in [-0.15, -0.1) is 0 Å². The zero-order chi connectivity index (χ0) is 13.6. The van der Waals surface area contributed by atoms with Crippen molar-refractivity contribution >= 4 is 27.4 Å². The molecule has 0 atom stereocenters. The molecule has 96 valence electrons. The van der Waals surface area contributed by atoms with Crippen LogP contribution in [0.2, 0.25) is 0 Å². The number of benzene rings is 1. The van der Waals surface area contributed by atoms with Crippen molar-refractivity contribution in [1.82, 2.24) is 15.0 Å². The Balaban J connectivity index is 2.12. The molecule has 0 fully saturated rings. The number of nitrogens with zero attached hydrogens (tertiary/aromatic N) is 3. The van der Waals surface area contributed by atoms with Crippen LogP contribution < -0.4 is 0 Å². The number of hydrogen-bond acceptors (Lipinski definition) is 5. The van der Waals surface area contributed by atoms with Crippen LogP contribution in [0.5, 0.6) is 0 Å². The lowest BCUT2D eigenvalue weighted by Crippen LogP contribution is -1.80. The van der Waals surface area contributed by atoms with Gasteiger partial charge >= 0.3 is 5.00 Å². The van der Waals surface area contributed by atoms with Crippen molar-refractivity contribution in [3.63, 3.8) is 0 Å². The van der Waals surface area contributed by atoms with E-state index >= 15 is 0 Å². The van der Waals surface area contributed by atoms with Crippen molar-refractivity contribution < 1.29 is 4.92 Å². The molecule has 3 aromatic rings. The molecular formula is C12H10N4O2S. The zero-order valence-corrected chi connectivity index (χ0v) is 11.1. The number of hydrogen-bond donors (Lipinski definition) is 1. The second-order valence-electron chi connectivity index (χ2n) is 4.30. The Kier molecular flexibility index (Phi) is 2.56. The summed E-state index contributed by atoms with van der Waals surface area (Å²) < 4.78 is 0. The third-order valence-corrected chi connectivity index (χ3v) is 3.93. The summed E-state index contributed by atoms with van der Waals surface area (Å²) in [6.45, 7) is 4.06. The molecule has 0 bridgehead atoms. The van der Waals surface area contributed by atoms with Crippen LogP contribution in [0.3, 0.4) is 0 Å². The molecule has 2 heterocycles. The highest BCUT2D eigenvalue weighted by Crippen LogP contribution is 2.29. The summed E-state index contributed by atoms with van der Waals surface area (Å²) in [6, 6.07) is 4.01. The molecule has 0 radical (unpaired) electrons. The first-order chi connectivity index (χ1) is 9.04. The van der Waals surface area contributed by atoms with E-state index in [0.29, 0.717) is 10.8 Å². The molecule has 1 N–H and O–H groups in total. The van der Waals surface area contributed by atoms with Gasteiger partial charge in [0.25, 0.3) is 0 Å². The van der Waals surface area contributed by atoms with Crippen molar-refractivity contribution in [3.8, 4) is 10.8 Å². The molecule has 2 aromatic heterocycles. The number of fused-ring (bicyclic) bond motifs is 1. The van der Waals surface area contributed by atoms with Gasteiger partial charge in [0.15, 0.2) is 10.8 Å². The molecule has 0 saturated carbocycles. The lowest BCUT2D eigenvalue weighted by atomic mass is 10.1. The first kappa shape index (κ1) is 11.8. The van der Waals surface area contributed by atoms with E-state index in [1.165, 1.54) is 11.8 Å². The molecule has 0 unspecified atom stereocenters. The van der Waals surface area contributed by atoms with E-state index in [2.05, 4.69) is 15.0 Å². The van der Waals surface area contributed by atoms with Gasteiger partial charge in [0.2, 0.25) is 0 Å². The fraction of sp³-hybridized carbons (Fsp3) is 0.167. The van der Waals surface area contributed by atoms with E-state index in [1.807, 2.05) is 26.0 Å². The SMILES string of the molecule is Cc1cc2nc(-c3ncc([N+](=O)[O-])s3)[nH]c2cc1C. The van der Waals surface area contributed by atoms with E-state index in [1.54, 1.807) is 0 Å². The topological polar surface area (TPSA) is 84.7 Å². The number of aryl methyl sites for hydroxylation is 2. The van der Waals surface area contributed by atoms with E-state index in [0.717, 1.165) is 27.9 Å². The van der Waals surface area contributed by atoms with Crippen LogP contribution in [0.25, 0.3) is 21.9 Å². The van der Waals surface area contributed by atoms with Crippen LogP contribution in [-0.4, -0.2) is 19.9 Å². The number of imidazole rings is 1. The van der Waals surface area contributed by atoms with E-state index < -0.39 is 4.92 Å². The van der Waals surface area contributed by atoms with Gasteiger partial charge in [-0.3, -0.25) is 10.1 Å². The summed E-state index contributed by atoms with van der Waals surface area (Å²) in [6.07, 6.45) is 1.25. The number of aromatic nitrogens is 3. The number of H-pyrrole nitrogens is 1. The molecule has 0 aliphatic rings. The van der Waals surface area contributed by atoms with Crippen LogP contribution in [0.1, 0.15) is 11.1 Å². The maximum atomic E-state index is 10.7. The Morgan fingerprint density at radius 3 is 2.74 bits per heavy atom. The lowest BCUT2D eigenvalue weighted by molar-refractivity contribution is -0.380. The molecule has 7 heteroatoms. The molecule has 0 spiro atoms. The standard InChI is InChI=1S/C12H10N4O2S/c1-6-3-8-9(4-7(6)2)15-11(14-8)12-13-5-10(19-12)16(17)18/h3-5H,1-2H3,(H,14,15). The second kappa shape index (κ2) is 4.13. The van der Waals surface area contributed by atoms with Crippen LogP contribution in [0.4, 0.5) is 5.00 Å². The Morgan fingerprint density at radius 1 is 1.32 bits per heavy atom. The summed E-state index contributed by atoms with van der Waals surface area (Å²) in [5.41, 5.74) is 4.09. The minimum atomic E-state index is -0.446. The molecule has 0 saturated heterocycles. The predicted molar refractivity (Wildman–Crippen MR) is 73.3 cm³/mol. The molecular weight excluding hydrogens is 264 g/mol. The average Bonchev–Trinajstić information content (AvgIpc) is 2.95. The number of aromatic amines is 1. The maximum Gasteiger partial charge on any atom is 0.344 e. The fourth-order valence-electron chi connectivity index (χ4n) is 1.83. The van der Waals surface area contributed by atoms with Crippen LogP contribution in [0.15, 0.2) is 18.3 Å². The Bertz CT molecular complexity index is 751. The predicted octanol–water partition coefficient (Wildman–Crippen LogP) is 3.21. The smallest absolute Gasteiger partial charge is 0.336 e. The quantitative estimate of drug-likeness (QED) is 0.574. The van der Waals surface area contributed by atoms with E-state index in [-0.39, 0.29) is 5.00 Å². The summed E-state index contributed by atoms with van der Waals surface area (Å²) in [5, 5.41) is 11.2. The molecule has 6 nitrogen and oxygen atoms in total. The minimum absolute atomic E-state index is 0.0165. The van der Waals surface area contributed by atoms with Gasteiger partial charge in [0.05, 0.1) is 16.0 Å². The average molecular weight is 274 g/mol. The lowest BCUT2D eigenvalue weighted by Gasteiger charge is -1.97. The number of rotatable bonds is 2. The summed E-state index contributed by atoms with van der Waals surface area (Å²) in [5.74, 6) is 0.568. The van der Waals surface area contributed by atoms with Crippen molar-refractivity contribution in [2.45, 2.75) is 13.8 Å². The Labute approximate surface area is 112 Å². The molecule has 0 aliphatic carbocycles. The van der Waals surface area contributed by atoms with Crippen LogP contribution in [-0.2, 0) is 0 Å². The monoisotopic (exact) mass is 274 g/mol. The van der Waals surface area contributed by atoms with Gasteiger partial charge in [0.1, 0.15) is 6.20 Å². The highest BCUT2D eigenvalue weighted by molar-refractivity contribution is 7.18. The van der Waals surface area contributed by atoms with Gasteiger partial charge in [0, 0.05) is 0 Å². The first-order valence-electron chi connectivity index (χ1n) is 5.62. The molecule has 3 rings (SSSR count).